The van der Waals surface area contributed by atoms with E-state index in [1.54, 1.807) is 12.3 Å². The lowest BCUT2D eigenvalue weighted by Gasteiger charge is -2.12. The molecule has 0 saturated carbocycles. The Morgan fingerprint density at radius 3 is 2.52 bits per heavy atom. The monoisotopic (exact) mass is 293 g/mol. The van der Waals surface area contributed by atoms with Gasteiger partial charge < -0.3 is 20.4 Å². The Morgan fingerprint density at radius 1 is 1.14 bits per heavy atom. The number of carbonyl (C=O) groups is 1. The van der Waals surface area contributed by atoms with Crippen molar-refractivity contribution >= 4 is 11.6 Å². The molecule has 0 fully saturated rings. The molecule has 0 aliphatic heterocycles. The fourth-order valence-corrected chi connectivity index (χ4v) is 1.78. The number of anilines is 1. The Bertz CT molecular complexity index is 434. The smallest absolute Gasteiger partial charge is 0.269 e. The summed E-state index contributed by atoms with van der Waals surface area (Å²) in [6.45, 7) is 3.35. The van der Waals surface area contributed by atoms with Crippen LogP contribution in [0, 0.1) is 0 Å². The third kappa shape index (κ3) is 7.63. The van der Waals surface area contributed by atoms with Crippen molar-refractivity contribution < 1.29 is 4.79 Å². The minimum Gasteiger partial charge on any atom is -0.385 e. The Labute approximate surface area is 127 Å². The second-order valence-electron chi connectivity index (χ2n) is 5.57. The number of amides is 1. The number of hydrogen-bond acceptors (Lipinski definition) is 5. The number of rotatable bonds is 9. The van der Waals surface area contributed by atoms with E-state index in [9.17, 15) is 4.79 Å². The molecule has 1 amide bonds. The largest absolute Gasteiger partial charge is 0.385 e. The normalized spacial score (nSPS) is 11.0. The molecule has 0 aliphatic rings. The van der Waals surface area contributed by atoms with Crippen molar-refractivity contribution in [3.8, 4) is 0 Å². The third-order valence-electron chi connectivity index (χ3n) is 2.95. The van der Waals surface area contributed by atoms with Crippen LogP contribution in [0.2, 0.25) is 0 Å². The molecule has 0 aliphatic carbocycles. The fraction of sp³-hybridized carbons (Fsp3) is 0.600. The molecule has 1 heterocycles. The van der Waals surface area contributed by atoms with Crippen LogP contribution in [0.25, 0.3) is 0 Å². The Hall–Kier alpha value is -1.66. The molecule has 0 saturated heterocycles. The molecule has 0 bridgehead atoms. The highest BCUT2D eigenvalue weighted by molar-refractivity contribution is 5.93. The molecular weight excluding hydrogens is 266 g/mol. The molecular formula is C15H27N5O. The summed E-state index contributed by atoms with van der Waals surface area (Å²) in [7, 11) is 8.07. The van der Waals surface area contributed by atoms with Crippen LogP contribution in [0.1, 0.15) is 16.9 Å². The third-order valence-corrected chi connectivity index (χ3v) is 2.95. The molecule has 0 unspecified atom stereocenters. The SMILES string of the molecule is CN(C)CCCNc1ccnc(C(=O)NCCN(C)C)c1. The van der Waals surface area contributed by atoms with E-state index in [1.807, 2.05) is 25.1 Å². The average Bonchev–Trinajstić information content (AvgIpc) is 2.43. The first-order valence-electron chi connectivity index (χ1n) is 7.26. The molecule has 1 rings (SSSR count). The van der Waals surface area contributed by atoms with E-state index in [1.165, 1.54) is 0 Å². The number of aromatic nitrogens is 1. The summed E-state index contributed by atoms with van der Waals surface area (Å²) in [6.07, 6.45) is 2.72. The van der Waals surface area contributed by atoms with Crippen LogP contribution in [-0.2, 0) is 0 Å². The fourth-order valence-electron chi connectivity index (χ4n) is 1.78. The van der Waals surface area contributed by atoms with Gasteiger partial charge in [0.15, 0.2) is 0 Å². The maximum Gasteiger partial charge on any atom is 0.269 e. The Kier molecular flexibility index (Phi) is 7.71. The molecule has 1 aromatic heterocycles. The zero-order chi connectivity index (χ0) is 15.7. The van der Waals surface area contributed by atoms with Crippen molar-refractivity contribution in [2.24, 2.45) is 0 Å². The van der Waals surface area contributed by atoms with Gasteiger partial charge in [0.1, 0.15) is 5.69 Å². The lowest BCUT2D eigenvalue weighted by molar-refractivity contribution is 0.0946. The summed E-state index contributed by atoms with van der Waals surface area (Å²) < 4.78 is 0. The van der Waals surface area contributed by atoms with Crippen LogP contribution in [-0.4, -0.2) is 75.1 Å². The van der Waals surface area contributed by atoms with E-state index >= 15 is 0 Å². The van der Waals surface area contributed by atoms with E-state index < -0.39 is 0 Å². The van der Waals surface area contributed by atoms with Gasteiger partial charge in [0.2, 0.25) is 0 Å². The highest BCUT2D eigenvalue weighted by Crippen LogP contribution is 2.08. The molecule has 1 aromatic rings. The van der Waals surface area contributed by atoms with Gasteiger partial charge in [-0.1, -0.05) is 0 Å². The van der Waals surface area contributed by atoms with Gasteiger partial charge in [0, 0.05) is 31.5 Å². The maximum atomic E-state index is 12.0. The summed E-state index contributed by atoms with van der Waals surface area (Å²) >= 11 is 0. The molecule has 0 aromatic carbocycles. The molecule has 2 N–H and O–H groups in total. The van der Waals surface area contributed by atoms with Crippen LogP contribution < -0.4 is 10.6 Å². The quantitative estimate of drug-likeness (QED) is 0.658. The van der Waals surface area contributed by atoms with E-state index in [2.05, 4.69) is 34.6 Å². The minimum atomic E-state index is -0.131. The number of hydrogen-bond donors (Lipinski definition) is 2. The zero-order valence-electron chi connectivity index (χ0n) is 13.5. The van der Waals surface area contributed by atoms with Gasteiger partial charge in [0.05, 0.1) is 0 Å². The summed E-state index contributed by atoms with van der Waals surface area (Å²) in [5.41, 5.74) is 1.38. The van der Waals surface area contributed by atoms with Crippen LogP contribution in [0.15, 0.2) is 18.3 Å². The predicted molar refractivity (Wildman–Crippen MR) is 86.8 cm³/mol. The number of nitrogens with one attached hydrogen (secondary N) is 2. The van der Waals surface area contributed by atoms with Crippen molar-refractivity contribution in [2.75, 3.05) is 59.7 Å². The van der Waals surface area contributed by atoms with Crippen molar-refractivity contribution in [1.82, 2.24) is 20.1 Å². The molecule has 0 spiro atoms. The number of nitrogens with zero attached hydrogens (tertiary/aromatic N) is 3. The summed E-state index contributed by atoms with van der Waals surface area (Å²) in [5, 5.41) is 6.18. The molecule has 21 heavy (non-hydrogen) atoms. The Morgan fingerprint density at radius 2 is 1.86 bits per heavy atom. The zero-order valence-corrected chi connectivity index (χ0v) is 13.5. The number of pyridine rings is 1. The van der Waals surface area contributed by atoms with Crippen LogP contribution in [0.4, 0.5) is 5.69 Å². The molecule has 6 heteroatoms. The number of carbonyl (C=O) groups excluding carboxylic acids is 1. The van der Waals surface area contributed by atoms with E-state index in [-0.39, 0.29) is 5.91 Å². The van der Waals surface area contributed by atoms with E-state index in [4.69, 9.17) is 0 Å². The molecule has 6 nitrogen and oxygen atoms in total. The van der Waals surface area contributed by atoms with Gasteiger partial charge in [-0.15, -0.1) is 0 Å². The average molecular weight is 293 g/mol. The second-order valence-corrected chi connectivity index (χ2v) is 5.57. The van der Waals surface area contributed by atoms with E-state index in [0.717, 1.165) is 31.7 Å². The van der Waals surface area contributed by atoms with Gasteiger partial charge in [-0.2, -0.15) is 0 Å². The molecule has 0 radical (unpaired) electrons. The van der Waals surface area contributed by atoms with Gasteiger partial charge in [-0.05, 0) is 53.3 Å². The van der Waals surface area contributed by atoms with Crippen LogP contribution >= 0.6 is 0 Å². The second kappa shape index (κ2) is 9.31. The minimum absolute atomic E-state index is 0.131. The molecule has 0 atom stereocenters. The van der Waals surface area contributed by atoms with Gasteiger partial charge in [-0.25, -0.2) is 0 Å². The molecule has 118 valence electrons. The van der Waals surface area contributed by atoms with Gasteiger partial charge >= 0.3 is 0 Å². The first-order chi connectivity index (χ1) is 9.99. The first-order valence-corrected chi connectivity index (χ1v) is 7.26. The van der Waals surface area contributed by atoms with Gasteiger partial charge in [-0.3, -0.25) is 9.78 Å². The topological polar surface area (TPSA) is 60.5 Å². The predicted octanol–water partition coefficient (Wildman–Crippen LogP) is 0.737. The Balaban J connectivity index is 2.42. The standard InChI is InChI=1S/C15H27N5O/c1-19(2)10-5-7-16-13-6-8-17-14(12-13)15(21)18-9-11-20(3)4/h6,8,12H,5,7,9-11H2,1-4H3,(H,16,17)(H,18,21). The first kappa shape index (κ1) is 17.4. The van der Waals surface area contributed by atoms with Crippen molar-refractivity contribution in [2.45, 2.75) is 6.42 Å². The van der Waals surface area contributed by atoms with Crippen molar-refractivity contribution in [3.63, 3.8) is 0 Å². The van der Waals surface area contributed by atoms with Crippen LogP contribution in [0.3, 0.4) is 0 Å². The lowest BCUT2D eigenvalue weighted by Crippen LogP contribution is -2.31. The summed E-state index contributed by atoms with van der Waals surface area (Å²) in [4.78, 5) is 20.3. The summed E-state index contributed by atoms with van der Waals surface area (Å²) in [6, 6.07) is 3.67. The maximum absolute atomic E-state index is 12.0. The number of likely N-dealkylation sites (N-methyl/N-ethyl adjacent to an activating group) is 1. The van der Waals surface area contributed by atoms with Crippen molar-refractivity contribution in [1.29, 1.82) is 0 Å². The lowest BCUT2D eigenvalue weighted by atomic mass is 10.3. The van der Waals surface area contributed by atoms with Crippen molar-refractivity contribution in [3.05, 3.63) is 24.0 Å². The van der Waals surface area contributed by atoms with Gasteiger partial charge in [0.25, 0.3) is 5.91 Å². The highest BCUT2D eigenvalue weighted by Gasteiger charge is 2.07. The van der Waals surface area contributed by atoms with Crippen LogP contribution in [0.5, 0.6) is 0 Å². The summed E-state index contributed by atoms with van der Waals surface area (Å²) in [5.74, 6) is -0.131. The van der Waals surface area contributed by atoms with E-state index in [0.29, 0.717) is 12.2 Å². The highest BCUT2D eigenvalue weighted by atomic mass is 16.1.